The normalized spacial score (nSPS) is 22.8. The highest BCUT2D eigenvalue weighted by Gasteiger charge is 2.47. The van der Waals surface area contributed by atoms with Gasteiger partial charge in [0.25, 0.3) is 0 Å². The number of benzene rings is 2. The number of amides is 4. The van der Waals surface area contributed by atoms with Gasteiger partial charge in [0.15, 0.2) is 0 Å². The number of likely N-dealkylation sites (N-methyl/N-ethyl adjacent to an activating group) is 1. The van der Waals surface area contributed by atoms with Crippen molar-refractivity contribution >= 4 is 29.7 Å². The Morgan fingerprint density at radius 2 is 1.81 bits per heavy atom. The van der Waals surface area contributed by atoms with Crippen LogP contribution in [0.3, 0.4) is 0 Å². The molecule has 4 rings (SSSR count). The zero-order chi connectivity index (χ0) is 34.1. The van der Waals surface area contributed by atoms with Gasteiger partial charge in [-0.15, -0.1) is 0 Å². The molecule has 11 heteroatoms. The highest BCUT2D eigenvalue weighted by Crippen LogP contribution is 2.30. The lowest BCUT2D eigenvalue weighted by Gasteiger charge is -2.34. The molecule has 0 aliphatic carbocycles. The molecule has 1 saturated heterocycles. The zero-order valence-corrected chi connectivity index (χ0v) is 28.2. The van der Waals surface area contributed by atoms with Crippen LogP contribution in [0.15, 0.2) is 54.7 Å². The van der Waals surface area contributed by atoms with E-state index in [0.29, 0.717) is 42.7 Å². The van der Waals surface area contributed by atoms with Crippen molar-refractivity contribution in [1.82, 2.24) is 26.2 Å². The van der Waals surface area contributed by atoms with Crippen LogP contribution < -0.4 is 30.7 Å². The number of hydrogen-bond donors (Lipinski definition) is 4. The average molecular weight is 648 g/mol. The van der Waals surface area contributed by atoms with Crippen molar-refractivity contribution in [3.8, 4) is 11.5 Å². The van der Waals surface area contributed by atoms with Crippen molar-refractivity contribution in [1.29, 1.82) is 0 Å². The number of rotatable bonds is 11. The van der Waals surface area contributed by atoms with Crippen molar-refractivity contribution in [2.24, 2.45) is 11.8 Å². The summed E-state index contributed by atoms with van der Waals surface area (Å²) in [5.41, 5.74) is 1.67. The molecule has 254 valence electrons. The Hall–Kier alpha value is -4.38. The van der Waals surface area contributed by atoms with Crippen molar-refractivity contribution < 1.29 is 28.7 Å². The van der Waals surface area contributed by atoms with Crippen LogP contribution in [0.5, 0.6) is 11.5 Å². The van der Waals surface area contributed by atoms with Gasteiger partial charge in [-0.25, -0.2) is 0 Å². The lowest BCUT2D eigenvalue weighted by molar-refractivity contribution is -0.145. The van der Waals surface area contributed by atoms with Gasteiger partial charge in [0.1, 0.15) is 35.7 Å². The van der Waals surface area contributed by atoms with Crippen molar-refractivity contribution in [2.75, 3.05) is 20.7 Å². The molecule has 0 radical (unpaired) electrons. The SMILES string of the molecule is CC[C@H](C)[C@@H]1NC(=O)[C@@H]2[C@H](CCN2C(=O)[C@@H](NC(=O)[C@H](Cc2ccccc2)NC)[C@@H](C)CC)Oc2ccc(OC)c(c2)/C=C/NC1=O. The van der Waals surface area contributed by atoms with E-state index in [1.54, 1.807) is 38.4 Å². The molecule has 2 aromatic rings. The number of nitrogens with one attached hydrogen (secondary N) is 4. The second-order valence-electron chi connectivity index (χ2n) is 12.4. The minimum absolute atomic E-state index is 0.187. The average Bonchev–Trinajstić information content (AvgIpc) is 3.50. The largest absolute Gasteiger partial charge is 0.496 e. The van der Waals surface area contributed by atoms with E-state index in [1.807, 2.05) is 58.0 Å². The fourth-order valence-electron chi connectivity index (χ4n) is 6.07. The fraction of sp³-hybridized carbons (Fsp3) is 0.500. The number of fused-ring (bicyclic) bond motifs is 3. The maximum atomic E-state index is 14.4. The first-order valence-electron chi connectivity index (χ1n) is 16.6. The Morgan fingerprint density at radius 1 is 1.06 bits per heavy atom. The minimum atomic E-state index is -1.03. The molecule has 0 unspecified atom stereocenters. The molecule has 0 spiro atoms. The minimum Gasteiger partial charge on any atom is -0.496 e. The second-order valence-corrected chi connectivity index (χ2v) is 12.4. The van der Waals surface area contributed by atoms with Gasteiger partial charge in [0, 0.05) is 24.7 Å². The van der Waals surface area contributed by atoms with Crippen LogP contribution in [0.2, 0.25) is 0 Å². The van der Waals surface area contributed by atoms with E-state index in [2.05, 4.69) is 21.3 Å². The second kappa shape index (κ2) is 16.4. The number of nitrogens with zero attached hydrogens (tertiary/aromatic N) is 1. The van der Waals surface area contributed by atoms with Crippen molar-refractivity contribution in [3.63, 3.8) is 0 Å². The molecule has 0 aromatic heterocycles. The number of methoxy groups -OCH3 is 1. The summed E-state index contributed by atoms with van der Waals surface area (Å²) in [6, 6.07) is 11.6. The van der Waals surface area contributed by atoms with Gasteiger partial charge in [-0.3, -0.25) is 19.2 Å². The Labute approximate surface area is 277 Å². The molecular weight excluding hydrogens is 598 g/mol. The third-order valence-corrected chi connectivity index (χ3v) is 9.39. The first-order valence-corrected chi connectivity index (χ1v) is 16.6. The quantitative estimate of drug-likeness (QED) is 0.294. The van der Waals surface area contributed by atoms with Gasteiger partial charge >= 0.3 is 0 Å². The first kappa shape index (κ1) is 35.5. The van der Waals surface area contributed by atoms with Crippen LogP contribution in [0, 0.1) is 11.8 Å². The molecule has 2 aliphatic rings. The third-order valence-electron chi connectivity index (χ3n) is 9.39. The number of hydrogen-bond acceptors (Lipinski definition) is 7. The zero-order valence-electron chi connectivity index (χ0n) is 28.2. The van der Waals surface area contributed by atoms with Crippen LogP contribution in [0.4, 0.5) is 0 Å². The van der Waals surface area contributed by atoms with E-state index in [1.165, 1.54) is 11.1 Å². The van der Waals surface area contributed by atoms with Gasteiger partial charge < -0.3 is 35.6 Å². The van der Waals surface area contributed by atoms with Crippen LogP contribution in [-0.4, -0.2) is 79.5 Å². The first-order chi connectivity index (χ1) is 22.6. The molecule has 4 amide bonds. The molecule has 2 bridgehead atoms. The number of ether oxygens (including phenoxy) is 2. The maximum absolute atomic E-state index is 14.4. The maximum Gasteiger partial charge on any atom is 0.247 e. The van der Waals surface area contributed by atoms with Gasteiger partial charge in [-0.2, -0.15) is 0 Å². The summed E-state index contributed by atoms with van der Waals surface area (Å²) in [5, 5.41) is 11.8. The molecule has 1 fully saturated rings. The smallest absolute Gasteiger partial charge is 0.247 e. The van der Waals surface area contributed by atoms with Crippen LogP contribution in [0.1, 0.15) is 58.1 Å². The molecular formula is C36H49N5O6. The molecule has 47 heavy (non-hydrogen) atoms. The van der Waals surface area contributed by atoms with Crippen LogP contribution >= 0.6 is 0 Å². The van der Waals surface area contributed by atoms with E-state index in [9.17, 15) is 19.2 Å². The van der Waals surface area contributed by atoms with Crippen molar-refractivity contribution in [3.05, 3.63) is 65.9 Å². The predicted octanol–water partition coefficient (Wildman–Crippen LogP) is 3.04. The topological polar surface area (TPSA) is 138 Å². The van der Waals surface area contributed by atoms with E-state index >= 15 is 0 Å². The van der Waals surface area contributed by atoms with Gasteiger partial charge in [-0.1, -0.05) is 70.9 Å². The van der Waals surface area contributed by atoms with Gasteiger partial charge in [-0.05, 0) is 55.1 Å². The highest BCUT2D eigenvalue weighted by molar-refractivity contribution is 5.96. The molecule has 11 nitrogen and oxygen atoms in total. The Kier molecular flexibility index (Phi) is 12.4. The molecule has 4 N–H and O–H groups in total. The number of carbonyl (C=O) groups excluding carboxylic acids is 4. The van der Waals surface area contributed by atoms with Gasteiger partial charge in [0.05, 0.1) is 13.2 Å². The molecule has 7 atom stereocenters. The summed E-state index contributed by atoms with van der Waals surface area (Å²) >= 11 is 0. The summed E-state index contributed by atoms with van der Waals surface area (Å²) in [6.45, 7) is 7.96. The summed E-state index contributed by atoms with van der Waals surface area (Å²) in [6.07, 6.45) is 4.65. The van der Waals surface area contributed by atoms with E-state index < -0.39 is 36.2 Å². The number of likely N-dealkylation sites (tertiary alicyclic amines) is 1. The lowest BCUT2D eigenvalue weighted by Crippen LogP contribution is -2.61. The lowest BCUT2D eigenvalue weighted by atomic mass is 9.95. The fourth-order valence-corrected chi connectivity index (χ4v) is 6.07. The molecule has 2 aliphatic heterocycles. The summed E-state index contributed by atoms with van der Waals surface area (Å²) in [4.78, 5) is 57.0. The van der Waals surface area contributed by atoms with Crippen molar-refractivity contribution in [2.45, 2.75) is 83.6 Å². The number of carbonyl (C=O) groups is 4. The molecule has 0 saturated carbocycles. The molecule has 2 heterocycles. The highest BCUT2D eigenvalue weighted by atomic mass is 16.5. The predicted molar refractivity (Wildman–Crippen MR) is 180 cm³/mol. The standard InChI is InChI=1S/C36H49N5O6/c1-7-22(3)30-34(43)38-18-16-25-21-26(14-15-28(25)46-6)47-29-17-19-41(32(29)35(44)39-30)36(45)31(23(4)8-2)40-33(42)27(37-5)20-24-12-10-9-11-13-24/h9-16,18,21-23,27,29-32,37H,7-8,17,19-20H2,1-6H3,(H,38,43)(H,39,44)(H,40,42)/b18-16+/t22-,23-,27-,29-,30-,31-,32-/m0/s1. The summed E-state index contributed by atoms with van der Waals surface area (Å²) in [7, 11) is 3.28. The Balaban J connectivity index is 1.66. The van der Waals surface area contributed by atoms with Crippen LogP contribution in [-0.2, 0) is 25.6 Å². The Morgan fingerprint density at radius 3 is 2.47 bits per heavy atom. The summed E-state index contributed by atoms with van der Waals surface area (Å²) < 4.78 is 11.9. The monoisotopic (exact) mass is 647 g/mol. The van der Waals surface area contributed by atoms with E-state index in [4.69, 9.17) is 9.47 Å². The van der Waals surface area contributed by atoms with E-state index in [0.717, 1.165) is 5.56 Å². The summed E-state index contributed by atoms with van der Waals surface area (Å²) in [5.74, 6) is -0.827. The van der Waals surface area contributed by atoms with E-state index in [-0.39, 0.29) is 36.1 Å². The third kappa shape index (κ3) is 8.51. The van der Waals surface area contributed by atoms with Gasteiger partial charge in [0.2, 0.25) is 23.6 Å². The van der Waals surface area contributed by atoms with Crippen LogP contribution in [0.25, 0.3) is 6.08 Å². The molecule has 2 aromatic carbocycles. The Bertz CT molecular complexity index is 1430.